The second-order valence-corrected chi connectivity index (χ2v) is 6.17. The van der Waals surface area contributed by atoms with E-state index in [0.717, 1.165) is 37.7 Å². The summed E-state index contributed by atoms with van der Waals surface area (Å²) in [6.07, 6.45) is 3.58. The van der Waals surface area contributed by atoms with E-state index >= 15 is 0 Å². The van der Waals surface area contributed by atoms with Crippen LogP contribution in [-0.4, -0.2) is 36.9 Å². The van der Waals surface area contributed by atoms with Crippen LogP contribution in [0.5, 0.6) is 11.5 Å². The van der Waals surface area contributed by atoms with Gasteiger partial charge in [-0.15, -0.1) is 0 Å². The van der Waals surface area contributed by atoms with Crippen LogP contribution in [0.1, 0.15) is 38.7 Å². The lowest BCUT2D eigenvalue weighted by atomic mass is 9.92. The van der Waals surface area contributed by atoms with Crippen molar-refractivity contribution in [1.29, 1.82) is 0 Å². The van der Waals surface area contributed by atoms with E-state index in [-0.39, 0.29) is 5.54 Å². The van der Waals surface area contributed by atoms with Crippen molar-refractivity contribution in [2.45, 2.75) is 45.2 Å². The molecule has 21 heavy (non-hydrogen) atoms. The fraction of sp³-hybridized carbons (Fsp3) is 0.647. The minimum absolute atomic E-state index is 0.271. The molecule has 1 saturated heterocycles. The highest BCUT2D eigenvalue weighted by Crippen LogP contribution is 2.33. The van der Waals surface area contributed by atoms with Gasteiger partial charge in [-0.3, -0.25) is 4.90 Å². The fourth-order valence-electron chi connectivity index (χ4n) is 3.38. The molecule has 1 aromatic carbocycles. The molecule has 0 aliphatic carbocycles. The molecule has 1 fully saturated rings. The summed E-state index contributed by atoms with van der Waals surface area (Å²) in [6.45, 7) is 9.32. The normalized spacial score (nSPS) is 21.2. The van der Waals surface area contributed by atoms with Gasteiger partial charge in [0.2, 0.25) is 6.79 Å². The molecule has 2 heterocycles. The Bertz CT molecular complexity index is 486. The van der Waals surface area contributed by atoms with E-state index in [1.807, 2.05) is 6.07 Å². The summed E-state index contributed by atoms with van der Waals surface area (Å²) >= 11 is 0. The standard InChI is InChI=1S/C17H26N2O2/c1-3-17(4-2)12-19(9-5-8-18-17)11-14-6-7-15-16(10-14)21-13-20-15/h6-7,10,18H,3-5,8-9,11-13H2,1-2H3. The van der Waals surface area contributed by atoms with Crippen molar-refractivity contribution in [3.8, 4) is 11.5 Å². The van der Waals surface area contributed by atoms with Gasteiger partial charge in [0.25, 0.3) is 0 Å². The van der Waals surface area contributed by atoms with Crippen molar-refractivity contribution in [2.75, 3.05) is 26.4 Å². The minimum Gasteiger partial charge on any atom is -0.454 e. The maximum absolute atomic E-state index is 5.48. The van der Waals surface area contributed by atoms with Gasteiger partial charge >= 0.3 is 0 Å². The van der Waals surface area contributed by atoms with Crippen molar-refractivity contribution < 1.29 is 9.47 Å². The number of rotatable bonds is 4. The van der Waals surface area contributed by atoms with Gasteiger partial charge < -0.3 is 14.8 Å². The van der Waals surface area contributed by atoms with Crippen molar-refractivity contribution in [3.05, 3.63) is 23.8 Å². The first-order valence-corrected chi connectivity index (χ1v) is 8.10. The van der Waals surface area contributed by atoms with E-state index in [1.54, 1.807) is 0 Å². The zero-order valence-electron chi connectivity index (χ0n) is 13.2. The number of ether oxygens (including phenoxy) is 2. The molecule has 0 saturated carbocycles. The highest BCUT2D eigenvalue weighted by molar-refractivity contribution is 5.44. The van der Waals surface area contributed by atoms with Crippen molar-refractivity contribution in [1.82, 2.24) is 10.2 Å². The van der Waals surface area contributed by atoms with Gasteiger partial charge in [-0.05, 0) is 50.0 Å². The van der Waals surface area contributed by atoms with Gasteiger partial charge in [0.15, 0.2) is 11.5 Å². The largest absolute Gasteiger partial charge is 0.454 e. The Kier molecular flexibility index (Phi) is 4.36. The Morgan fingerprint density at radius 3 is 2.81 bits per heavy atom. The van der Waals surface area contributed by atoms with Gasteiger partial charge in [0, 0.05) is 18.6 Å². The number of benzene rings is 1. The van der Waals surface area contributed by atoms with Crippen molar-refractivity contribution in [2.24, 2.45) is 0 Å². The Labute approximate surface area is 127 Å². The van der Waals surface area contributed by atoms with Crippen LogP contribution in [-0.2, 0) is 6.54 Å². The lowest BCUT2D eigenvalue weighted by molar-refractivity contribution is 0.173. The molecule has 0 spiro atoms. The van der Waals surface area contributed by atoms with Gasteiger partial charge in [-0.1, -0.05) is 19.9 Å². The maximum atomic E-state index is 5.48. The third-order valence-corrected chi connectivity index (χ3v) is 4.87. The van der Waals surface area contributed by atoms with Crippen LogP contribution in [0, 0.1) is 0 Å². The first kappa shape index (κ1) is 14.7. The van der Waals surface area contributed by atoms with Crippen LogP contribution in [0.3, 0.4) is 0 Å². The molecule has 0 bridgehead atoms. The predicted molar refractivity (Wildman–Crippen MR) is 83.8 cm³/mol. The van der Waals surface area contributed by atoms with Gasteiger partial charge in [-0.2, -0.15) is 0 Å². The molecule has 0 radical (unpaired) electrons. The van der Waals surface area contributed by atoms with Crippen LogP contribution in [0.15, 0.2) is 18.2 Å². The summed E-state index contributed by atoms with van der Waals surface area (Å²) in [5.41, 5.74) is 1.58. The predicted octanol–water partition coefficient (Wildman–Crippen LogP) is 2.77. The molecular formula is C17H26N2O2. The Morgan fingerprint density at radius 1 is 1.19 bits per heavy atom. The maximum Gasteiger partial charge on any atom is 0.231 e. The van der Waals surface area contributed by atoms with Gasteiger partial charge in [0.05, 0.1) is 0 Å². The Hall–Kier alpha value is -1.26. The van der Waals surface area contributed by atoms with E-state index in [0.29, 0.717) is 6.79 Å². The highest BCUT2D eigenvalue weighted by Gasteiger charge is 2.30. The molecule has 0 amide bonds. The molecule has 116 valence electrons. The molecule has 0 aromatic heterocycles. The number of fused-ring (bicyclic) bond motifs is 1. The van der Waals surface area contributed by atoms with E-state index in [9.17, 15) is 0 Å². The van der Waals surface area contributed by atoms with E-state index in [4.69, 9.17) is 9.47 Å². The quantitative estimate of drug-likeness (QED) is 0.924. The number of nitrogens with one attached hydrogen (secondary N) is 1. The van der Waals surface area contributed by atoms with E-state index in [2.05, 4.69) is 36.2 Å². The first-order chi connectivity index (χ1) is 10.2. The molecule has 1 N–H and O–H groups in total. The molecule has 3 rings (SSSR count). The van der Waals surface area contributed by atoms with E-state index < -0.39 is 0 Å². The molecular weight excluding hydrogens is 264 g/mol. The molecule has 2 aliphatic heterocycles. The average Bonchev–Trinajstić information content (AvgIpc) is 2.87. The molecule has 2 aliphatic rings. The second kappa shape index (κ2) is 6.24. The summed E-state index contributed by atoms with van der Waals surface area (Å²) < 4.78 is 10.9. The van der Waals surface area contributed by atoms with Crippen LogP contribution >= 0.6 is 0 Å². The number of nitrogens with zero attached hydrogens (tertiary/aromatic N) is 1. The van der Waals surface area contributed by atoms with Crippen molar-refractivity contribution >= 4 is 0 Å². The van der Waals surface area contributed by atoms with Crippen molar-refractivity contribution in [3.63, 3.8) is 0 Å². The molecule has 1 aromatic rings. The van der Waals surface area contributed by atoms with Crippen LogP contribution < -0.4 is 14.8 Å². The topological polar surface area (TPSA) is 33.7 Å². The summed E-state index contributed by atoms with van der Waals surface area (Å²) in [6, 6.07) is 6.31. The lowest BCUT2D eigenvalue weighted by Gasteiger charge is -2.35. The highest BCUT2D eigenvalue weighted by atomic mass is 16.7. The lowest BCUT2D eigenvalue weighted by Crippen LogP contribution is -2.50. The van der Waals surface area contributed by atoms with E-state index in [1.165, 1.54) is 24.8 Å². The number of hydrogen-bond donors (Lipinski definition) is 1. The Morgan fingerprint density at radius 2 is 2.00 bits per heavy atom. The van der Waals surface area contributed by atoms with Crippen LogP contribution in [0.25, 0.3) is 0 Å². The van der Waals surface area contributed by atoms with Gasteiger partial charge in [0.1, 0.15) is 0 Å². The molecule has 4 heteroatoms. The molecule has 0 unspecified atom stereocenters. The fourth-order valence-corrected chi connectivity index (χ4v) is 3.38. The summed E-state index contributed by atoms with van der Waals surface area (Å²) in [7, 11) is 0. The summed E-state index contributed by atoms with van der Waals surface area (Å²) in [5, 5.41) is 3.77. The third kappa shape index (κ3) is 3.16. The SMILES string of the molecule is CCC1(CC)CN(Cc2ccc3c(c2)OCO3)CCCN1. The van der Waals surface area contributed by atoms with Gasteiger partial charge in [-0.25, -0.2) is 0 Å². The Balaban J connectivity index is 1.71. The number of hydrogen-bond acceptors (Lipinski definition) is 4. The zero-order valence-corrected chi connectivity index (χ0v) is 13.2. The van der Waals surface area contributed by atoms with Crippen LogP contribution in [0.4, 0.5) is 0 Å². The molecule has 0 atom stereocenters. The monoisotopic (exact) mass is 290 g/mol. The molecule has 4 nitrogen and oxygen atoms in total. The smallest absolute Gasteiger partial charge is 0.231 e. The first-order valence-electron chi connectivity index (χ1n) is 8.10. The second-order valence-electron chi connectivity index (χ2n) is 6.17. The summed E-state index contributed by atoms with van der Waals surface area (Å²) in [5.74, 6) is 1.76. The average molecular weight is 290 g/mol. The van der Waals surface area contributed by atoms with Crippen LogP contribution in [0.2, 0.25) is 0 Å². The summed E-state index contributed by atoms with van der Waals surface area (Å²) in [4.78, 5) is 2.57. The zero-order chi connectivity index (χ0) is 14.7. The minimum atomic E-state index is 0.271. The third-order valence-electron chi connectivity index (χ3n) is 4.87.